The molecule has 0 radical (unpaired) electrons. The molecule has 0 spiro atoms. The number of nitrogens with zero attached hydrogens (tertiary/aromatic N) is 2. The molecular weight excluding hydrogens is 290 g/mol. The van der Waals surface area contributed by atoms with E-state index in [0.29, 0.717) is 11.9 Å². The van der Waals surface area contributed by atoms with Gasteiger partial charge in [0.25, 0.3) is 0 Å². The molecule has 96 valence electrons. The summed E-state index contributed by atoms with van der Waals surface area (Å²) in [4.78, 5) is 4.37. The van der Waals surface area contributed by atoms with Gasteiger partial charge in [-0.25, -0.2) is 4.98 Å². The Morgan fingerprint density at radius 2 is 1.94 bits per heavy atom. The molecule has 0 saturated carbocycles. The van der Waals surface area contributed by atoms with Crippen LogP contribution in [-0.2, 0) is 7.05 Å². The van der Waals surface area contributed by atoms with Crippen molar-refractivity contribution in [3.8, 4) is 11.3 Å². The van der Waals surface area contributed by atoms with Gasteiger partial charge in [-0.05, 0) is 33.8 Å². The van der Waals surface area contributed by atoms with Crippen molar-refractivity contribution in [3.05, 3.63) is 34.4 Å². The standard InChI is InChI=1S/C14H18BrN3/c1-4-9(2)10-5-7-11(8-6-10)12-13(15)18(3)14(16)17-12/h5-9H,4H2,1-3H3,(H2,16,17). The minimum atomic E-state index is 0.517. The van der Waals surface area contributed by atoms with Crippen LogP contribution in [0.2, 0.25) is 0 Å². The van der Waals surface area contributed by atoms with Crippen molar-refractivity contribution in [1.29, 1.82) is 0 Å². The van der Waals surface area contributed by atoms with Crippen LogP contribution >= 0.6 is 15.9 Å². The van der Waals surface area contributed by atoms with Crippen LogP contribution in [0, 0.1) is 0 Å². The Morgan fingerprint density at radius 3 is 2.39 bits per heavy atom. The second-order valence-electron chi connectivity index (χ2n) is 4.60. The second-order valence-corrected chi connectivity index (χ2v) is 5.35. The van der Waals surface area contributed by atoms with Crippen molar-refractivity contribution in [3.63, 3.8) is 0 Å². The minimum Gasteiger partial charge on any atom is -0.369 e. The summed E-state index contributed by atoms with van der Waals surface area (Å²) in [5, 5.41) is 0. The first-order valence-corrected chi connectivity index (χ1v) is 6.92. The predicted molar refractivity (Wildman–Crippen MR) is 79.5 cm³/mol. The molecule has 2 N–H and O–H groups in total. The lowest BCUT2D eigenvalue weighted by molar-refractivity contribution is 0.734. The monoisotopic (exact) mass is 307 g/mol. The van der Waals surface area contributed by atoms with Gasteiger partial charge in [0.05, 0.1) is 0 Å². The number of benzene rings is 1. The van der Waals surface area contributed by atoms with Gasteiger partial charge in [0, 0.05) is 12.6 Å². The fourth-order valence-electron chi connectivity index (χ4n) is 1.88. The molecule has 1 aromatic heterocycles. The van der Waals surface area contributed by atoms with Crippen molar-refractivity contribution < 1.29 is 0 Å². The van der Waals surface area contributed by atoms with E-state index in [4.69, 9.17) is 5.73 Å². The Labute approximate surface area is 116 Å². The van der Waals surface area contributed by atoms with Crippen molar-refractivity contribution in [2.24, 2.45) is 7.05 Å². The van der Waals surface area contributed by atoms with E-state index in [9.17, 15) is 0 Å². The molecular formula is C14H18BrN3. The number of hydrogen-bond donors (Lipinski definition) is 1. The number of halogens is 1. The highest BCUT2D eigenvalue weighted by atomic mass is 79.9. The summed E-state index contributed by atoms with van der Waals surface area (Å²) in [6.45, 7) is 4.44. The highest BCUT2D eigenvalue weighted by molar-refractivity contribution is 9.10. The zero-order valence-corrected chi connectivity index (χ0v) is 12.5. The Kier molecular flexibility index (Phi) is 3.76. The highest BCUT2D eigenvalue weighted by Gasteiger charge is 2.12. The van der Waals surface area contributed by atoms with Crippen molar-refractivity contribution >= 4 is 21.9 Å². The Balaban J connectivity index is 2.37. The molecule has 2 rings (SSSR count). The zero-order valence-electron chi connectivity index (χ0n) is 10.9. The van der Waals surface area contributed by atoms with Gasteiger partial charge in [-0.3, -0.25) is 0 Å². The van der Waals surface area contributed by atoms with E-state index in [2.05, 4.69) is 59.0 Å². The van der Waals surface area contributed by atoms with Gasteiger partial charge in [0.2, 0.25) is 5.95 Å². The third kappa shape index (κ3) is 2.29. The summed E-state index contributed by atoms with van der Waals surface area (Å²) in [7, 11) is 1.89. The van der Waals surface area contributed by atoms with Crippen molar-refractivity contribution in [2.45, 2.75) is 26.2 Å². The average Bonchev–Trinajstić information content (AvgIpc) is 2.66. The third-order valence-corrected chi connectivity index (χ3v) is 4.33. The van der Waals surface area contributed by atoms with Crippen LogP contribution in [0.3, 0.4) is 0 Å². The minimum absolute atomic E-state index is 0.517. The van der Waals surface area contributed by atoms with E-state index in [1.807, 2.05) is 11.6 Å². The number of rotatable bonds is 3. The molecule has 0 aliphatic carbocycles. The number of aromatic nitrogens is 2. The van der Waals surface area contributed by atoms with E-state index in [1.165, 1.54) is 5.56 Å². The van der Waals surface area contributed by atoms with Crippen molar-refractivity contribution in [1.82, 2.24) is 9.55 Å². The highest BCUT2D eigenvalue weighted by Crippen LogP contribution is 2.30. The van der Waals surface area contributed by atoms with Crippen LogP contribution in [0.15, 0.2) is 28.9 Å². The number of nitrogen functional groups attached to an aromatic ring is 1. The Hall–Kier alpha value is -1.29. The number of nitrogens with two attached hydrogens (primary N) is 1. The average molecular weight is 308 g/mol. The van der Waals surface area contributed by atoms with Gasteiger partial charge in [-0.2, -0.15) is 0 Å². The molecule has 0 aliphatic rings. The van der Waals surface area contributed by atoms with Gasteiger partial charge in [0.15, 0.2) is 0 Å². The quantitative estimate of drug-likeness (QED) is 0.933. The molecule has 1 atom stereocenters. The van der Waals surface area contributed by atoms with Gasteiger partial charge in [-0.15, -0.1) is 0 Å². The Bertz CT molecular complexity index is 543. The Morgan fingerprint density at radius 1 is 1.33 bits per heavy atom. The van der Waals surface area contributed by atoms with E-state index in [1.54, 1.807) is 0 Å². The molecule has 1 heterocycles. The smallest absolute Gasteiger partial charge is 0.201 e. The van der Waals surface area contributed by atoms with Crippen LogP contribution in [-0.4, -0.2) is 9.55 Å². The van der Waals surface area contributed by atoms with Crippen LogP contribution in [0.25, 0.3) is 11.3 Å². The van der Waals surface area contributed by atoms with Crippen LogP contribution in [0.4, 0.5) is 5.95 Å². The van der Waals surface area contributed by atoms with E-state index in [0.717, 1.165) is 22.3 Å². The molecule has 1 unspecified atom stereocenters. The van der Waals surface area contributed by atoms with E-state index < -0.39 is 0 Å². The first-order valence-electron chi connectivity index (χ1n) is 6.12. The number of anilines is 1. The molecule has 2 aromatic rings. The largest absolute Gasteiger partial charge is 0.369 e. The van der Waals surface area contributed by atoms with Crippen LogP contribution in [0.1, 0.15) is 31.7 Å². The van der Waals surface area contributed by atoms with Gasteiger partial charge < -0.3 is 10.3 Å². The normalized spacial score (nSPS) is 12.7. The molecule has 18 heavy (non-hydrogen) atoms. The maximum absolute atomic E-state index is 5.80. The van der Waals surface area contributed by atoms with Crippen molar-refractivity contribution in [2.75, 3.05) is 5.73 Å². The van der Waals surface area contributed by atoms with Gasteiger partial charge >= 0.3 is 0 Å². The third-order valence-electron chi connectivity index (χ3n) is 3.43. The molecule has 4 heteroatoms. The molecule has 0 aliphatic heterocycles. The summed E-state index contributed by atoms with van der Waals surface area (Å²) in [5.41, 5.74) is 9.14. The zero-order chi connectivity index (χ0) is 13.3. The topological polar surface area (TPSA) is 43.8 Å². The summed E-state index contributed by atoms with van der Waals surface area (Å²) in [6, 6.07) is 8.55. The fraction of sp³-hybridized carbons (Fsp3) is 0.357. The molecule has 3 nitrogen and oxygen atoms in total. The van der Waals surface area contributed by atoms with Crippen LogP contribution in [0.5, 0.6) is 0 Å². The number of hydrogen-bond acceptors (Lipinski definition) is 2. The molecule has 0 saturated heterocycles. The first kappa shape index (κ1) is 13.1. The summed E-state index contributed by atoms with van der Waals surface area (Å²) < 4.78 is 2.74. The maximum atomic E-state index is 5.80. The fourth-order valence-corrected chi connectivity index (χ4v) is 2.38. The second kappa shape index (κ2) is 5.14. The van der Waals surface area contributed by atoms with E-state index >= 15 is 0 Å². The predicted octanol–water partition coefficient (Wildman–Crippen LogP) is 3.95. The SMILES string of the molecule is CCC(C)c1ccc(-c2nc(N)n(C)c2Br)cc1. The lowest BCUT2D eigenvalue weighted by atomic mass is 9.97. The molecule has 1 aromatic carbocycles. The molecule has 0 fully saturated rings. The van der Waals surface area contributed by atoms with Gasteiger partial charge in [-0.1, -0.05) is 38.1 Å². The lowest BCUT2D eigenvalue weighted by Gasteiger charge is -2.09. The maximum Gasteiger partial charge on any atom is 0.201 e. The summed E-state index contributed by atoms with van der Waals surface area (Å²) in [6.07, 6.45) is 1.15. The van der Waals surface area contributed by atoms with Crippen LogP contribution < -0.4 is 5.73 Å². The van der Waals surface area contributed by atoms with Gasteiger partial charge in [0.1, 0.15) is 10.3 Å². The molecule has 0 bridgehead atoms. The first-order chi connectivity index (χ1) is 8.54. The van der Waals surface area contributed by atoms with E-state index in [-0.39, 0.29) is 0 Å². The lowest BCUT2D eigenvalue weighted by Crippen LogP contribution is -1.96. The number of imidazole rings is 1. The summed E-state index contributed by atoms with van der Waals surface area (Å²) in [5.74, 6) is 1.11. The molecule has 0 amide bonds. The summed E-state index contributed by atoms with van der Waals surface area (Å²) >= 11 is 3.52.